The van der Waals surface area contributed by atoms with Crippen LogP contribution in [-0.4, -0.2) is 31.8 Å². The maximum absolute atomic E-state index is 10.6. The lowest BCUT2D eigenvalue weighted by atomic mass is 9.99. The Hall–Kier alpha value is -3.82. The Morgan fingerprint density at radius 3 is 2.27 bits per heavy atom. The summed E-state index contributed by atoms with van der Waals surface area (Å²) in [4.78, 5) is 17.4. The standard InChI is InChI=1S/C18H17N5.C2HF3O2/c1-10-3-5-11(6-4-10)13-9-14-15(17(19)22-18(20)21-14)12-7-8-23(2)16(12)13;3-2(4,5)1(6)7/h3-9H,1-2H3,(H4,19,20,21,22);(H,6,7). The van der Waals surface area contributed by atoms with Crippen molar-refractivity contribution in [3.8, 4) is 11.1 Å². The molecule has 5 N–H and O–H groups in total. The summed E-state index contributed by atoms with van der Waals surface area (Å²) in [6.45, 7) is 2.08. The molecule has 2 heterocycles. The molecule has 0 saturated heterocycles. The van der Waals surface area contributed by atoms with Crippen LogP contribution in [0.15, 0.2) is 42.6 Å². The third kappa shape index (κ3) is 3.97. The predicted molar refractivity (Wildman–Crippen MR) is 109 cm³/mol. The lowest BCUT2D eigenvalue weighted by molar-refractivity contribution is -0.192. The molecule has 4 rings (SSSR count). The van der Waals surface area contributed by atoms with Gasteiger partial charge in [-0.15, -0.1) is 0 Å². The van der Waals surface area contributed by atoms with Gasteiger partial charge in [0.05, 0.1) is 16.4 Å². The van der Waals surface area contributed by atoms with Gasteiger partial charge in [0.25, 0.3) is 0 Å². The maximum atomic E-state index is 10.6. The minimum Gasteiger partial charge on any atom is -0.475 e. The van der Waals surface area contributed by atoms with Crippen molar-refractivity contribution in [2.24, 2.45) is 7.05 Å². The zero-order chi connectivity index (χ0) is 22.2. The minimum absolute atomic E-state index is 0.195. The molecule has 7 nitrogen and oxygen atoms in total. The number of nitrogens with two attached hydrogens (primary N) is 2. The highest BCUT2D eigenvalue weighted by molar-refractivity contribution is 6.15. The summed E-state index contributed by atoms with van der Waals surface area (Å²) < 4.78 is 33.8. The lowest BCUT2D eigenvalue weighted by Gasteiger charge is -2.11. The monoisotopic (exact) mass is 417 g/mol. The normalized spacial score (nSPS) is 11.4. The number of nitrogen functional groups attached to an aromatic ring is 2. The first-order chi connectivity index (χ1) is 14.0. The fourth-order valence-electron chi connectivity index (χ4n) is 3.12. The number of alkyl halides is 3. The van der Waals surface area contributed by atoms with Crippen LogP contribution in [-0.2, 0) is 11.8 Å². The molecule has 4 aromatic rings. The molecule has 0 spiro atoms. The number of aryl methyl sites for hydroxylation is 2. The quantitative estimate of drug-likeness (QED) is 0.432. The van der Waals surface area contributed by atoms with E-state index in [0.717, 1.165) is 32.9 Å². The number of carbonyl (C=O) groups is 1. The SMILES string of the molecule is Cc1ccc(-c2cc3nc(N)nc(N)c3c3ccn(C)c23)cc1.O=C(O)C(F)(F)F. The molecule has 0 aliphatic heterocycles. The molecule has 0 aliphatic carbocycles. The Bertz CT molecular complexity index is 1250. The molecule has 0 atom stereocenters. The number of carboxylic acids is 1. The molecule has 0 bridgehead atoms. The highest BCUT2D eigenvalue weighted by Gasteiger charge is 2.38. The van der Waals surface area contributed by atoms with Crippen molar-refractivity contribution in [2.45, 2.75) is 13.1 Å². The summed E-state index contributed by atoms with van der Waals surface area (Å²) >= 11 is 0. The molecule has 0 unspecified atom stereocenters. The van der Waals surface area contributed by atoms with Gasteiger partial charge in [-0.3, -0.25) is 0 Å². The molecule has 0 fully saturated rings. The largest absolute Gasteiger partial charge is 0.490 e. The van der Waals surface area contributed by atoms with Gasteiger partial charge >= 0.3 is 12.1 Å². The van der Waals surface area contributed by atoms with E-state index in [-0.39, 0.29) is 5.95 Å². The van der Waals surface area contributed by atoms with Crippen LogP contribution >= 0.6 is 0 Å². The van der Waals surface area contributed by atoms with E-state index in [1.165, 1.54) is 5.56 Å². The Balaban J connectivity index is 0.000000318. The number of nitrogens with zero attached hydrogens (tertiary/aromatic N) is 3. The molecule has 2 aromatic heterocycles. The average molecular weight is 417 g/mol. The number of halogens is 3. The number of fused-ring (bicyclic) bond motifs is 3. The summed E-state index contributed by atoms with van der Waals surface area (Å²) in [5, 5.41) is 9.02. The van der Waals surface area contributed by atoms with E-state index in [1.807, 2.05) is 25.4 Å². The van der Waals surface area contributed by atoms with Crippen molar-refractivity contribution in [1.29, 1.82) is 0 Å². The van der Waals surface area contributed by atoms with Crippen LogP contribution in [0, 0.1) is 6.92 Å². The van der Waals surface area contributed by atoms with Crippen molar-refractivity contribution in [1.82, 2.24) is 14.5 Å². The highest BCUT2D eigenvalue weighted by atomic mass is 19.4. The van der Waals surface area contributed by atoms with Crippen molar-refractivity contribution in [2.75, 3.05) is 11.5 Å². The fourth-order valence-corrected chi connectivity index (χ4v) is 3.12. The maximum Gasteiger partial charge on any atom is 0.490 e. The number of anilines is 2. The van der Waals surface area contributed by atoms with Crippen LogP contribution in [0.4, 0.5) is 24.9 Å². The van der Waals surface area contributed by atoms with Gasteiger partial charge in [0.2, 0.25) is 5.95 Å². The first-order valence-electron chi connectivity index (χ1n) is 8.67. The lowest BCUT2D eigenvalue weighted by Crippen LogP contribution is -2.21. The molecular formula is C20H18F3N5O2. The zero-order valence-corrected chi connectivity index (χ0v) is 16.0. The van der Waals surface area contributed by atoms with Crippen LogP contribution < -0.4 is 11.5 Å². The molecule has 2 aromatic carbocycles. The zero-order valence-electron chi connectivity index (χ0n) is 16.0. The van der Waals surface area contributed by atoms with E-state index in [4.69, 9.17) is 21.4 Å². The van der Waals surface area contributed by atoms with E-state index < -0.39 is 12.1 Å². The average Bonchev–Trinajstić information content (AvgIpc) is 3.02. The summed E-state index contributed by atoms with van der Waals surface area (Å²) in [7, 11) is 2.03. The van der Waals surface area contributed by atoms with Gasteiger partial charge < -0.3 is 21.1 Å². The van der Waals surface area contributed by atoms with E-state index >= 15 is 0 Å². The summed E-state index contributed by atoms with van der Waals surface area (Å²) in [6, 6.07) is 12.5. The van der Waals surface area contributed by atoms with Gasteiger partial charge in [0, 0.05) is 24.2 Å². The van der Waals surface area contributed by atoms with Gasteiger partial charge in [0.15, 0.2) is 0 Å². The van der Waals surface area contributed by atoms with Crippen LogP contribution in [0.25, 0.3) is 32.9 Å². The molecule has 30 heavy (non-hydrogen) atoms. The molecule has 10 heteroatoms. The first-order valence-corrected chi connectivity index (χ1v) is 8.67. The molecule has 0 amide bonds. The predicted octanol–water partition coefficient (Wildman–Crippen LogP) is 3.89. The van der Waals surface area contributed by atoms with Crippen molar-refractivity contribution in [3.05, 3.63) is 48.2 Å². The number of carboxylic acid groups (broad SMARTS) is 1. The third-order valence-corrected chi connectivity index (χ3v) is 4.47. The van der Waals surface area contributed by atoms with Crippen LogP contribution in [0.2, 0.25) is 0 Å². The number of aliphatic carboxylic acids is 1. The van der Waals surface area contributed by atoms with Gasteiger partial charge in [-0.2, -0.15) is 18.2 Å². The van der Waals surface area contributed by atoms with Crippen molar-refractivity contribution in [3.63, 3.8) is 0 Å². The number of aromatic nitrogens is 3. The molecule has 0 saturated carbocycles. The Morgan fingerprint density at radius 1 is 1.10 bits per heavy atom. The van der Waals surface area contributed by atoms with Crippen molar-refractivity contribution >= 4 is 39.5 Å². The van der Waals surface area contributed by atoms with Gasteiger partial charge in [-0.05, 0) is 24.6 Å². The van der Waals surface area contributed by atoms with E-state index in [9.17, 15) is 13.2 Å². The molecule has 0 radical (unpaired) electrons. The number of rotatable bonds is 1. The Labute approximate surface area is 168 Å². The molecule has 0 aliphatic rings. The summed E-state index contributed by atoms with van der Waals surface area (Å²) in [5.74, 6) is -2.15. The van der Waals surface area contributed by atoms with Gasteiger partial charge in [-0.1, -0.05) is 29.8 Å². The number of hydrogen-bond donors (Lipinski definition) is 3. The van der Waals surface area contributed by atoms with Gasteiger partial charge in [-0.25, -0.2) is 9.78 Å². The second-order valence-electron chi connectivity index (χ2n) is 6.64. The van der Waals surface area contributed by atoms with Crippen LogP contribution in [0.5, 0.6) is 0 Å². The molecular weight excluding hydrogens is 399 g/mol. The minimum atomic E-state index is -5.08. The first kappa shape index (κ1) is 20.9. The Morgan fingerprint density at radius 2 is 1.70 bits per heavy atom. The van der Waals surface area contributed by atoms with Gasteiger partial charge in [0.1, 0.15) is 5.82 Å². The topological polar surface area (TPSA) is 120 Å². The van der Waals surface area contributed by atoms with E-state index in [0.29, 0.717) is 5.82 Å². The number of hydrogen-bond acceptors (Lipinski definition) is 5. The smallest absolute Gasteiger partial charge is 0.475 e. The second-order valence-corrected chi connectivity index (χ2v) is 6.64. The summed E-state index contributed by atoms with van der Waals surface area (Å²) in [6.07, 6.45) is -3.06. The third-order valence-electron chi connectivity index (χ3n) is 4.47. The second kappa shape index (κ2) is 7.54. The van der Waals surface area contributed by atoms with Crippen LogP contribution in [0.3, 0.4) is 0 Å². The van der Waals surface area contributed by atoms with E-state index in [1.54, 1.807) is 0 Å². The molecule has 156 valence electrons. The summed E-state index contributed by atoms with van der Waals surface area (Å²) in [5.41, 5.74) is 17.2. The van der Waals surface area contributed by atoms with Crippen molar-refractivity contribution < 1.29 is 23.1 Å². The Kier molecular flexibility index (Phi) is 5.26. The fraction of sp³-hybridized carbons (Fsp3) is 0.150. The van der Waals surface area contributed by atoms with E-state index in [2.05, 4.69) is 45.7 Å². The highest BCUT2D eigenvalue weighted by Crippen LogP contribution is 2.36. The number of benzene rings is 2. The van der Waals surface area contributed by atoms with Crippen LogP contribution in [0.1, 0.15) is 5.56 Å².